The first-order valence-corrected chi connectivity index (χ1v) is 9.73. The molecule has 0 aliphatic heterocycles. The molecule has 0 radical (unpaired) electrons. The van der Waals surface area contributed by atoms with E-state index in [0.29, 0.717) is 10.6 Å². The molecule has 0 heterocycles. The highest BCUT2D eigenvalue weighted by Crippen LogP contribution is 2.44. The number of hydrogen-bond donors (Lipinski definition) is 4. The molecular weight excluding hydrogens is 327 g/mol. The SMILES string of the molecule is O=P(C[C@H](O)[C@H](O)[C@H](O)CCO)(c1ccccc1)c1ccccc1. The van der Waals surface area contributed by atoms with Crippen molar-refractivity contribution in [1.82, 2.24) is 0 Å². The number of aliphatic hydroxyl groups is 4. The van der Waals surface area contributed by atoms with E-state index in [4.69, 9.17) is 5.11 Å². The fourth-order valence-corrected chi connectivity index (χ4v) is 5.40. The third-order valence-corrected chi connectivity index (χ3v) is 7.16. The van der Waals surface area contributed by atoms with Crippen LogP contribution in [0.3, 0.4) is 0 Å². The smallest absolute Gasteiger partial charge is 0.145 e. The number of hydrogen-bond acceptors (Lipinski definition) is 5. The molecule has 24 heavy (non-hydrogen) atoms. The van der Waals surface area contributed by atoms with Gasteiger partial charge in [-0.05, 0) is 6.42 Å². The van der Waals surface area contributed by atoms with Crippen LogP contribution in [0.15, 0.2) is 60.7 Å². The third kappa shape index (κ3) is 4.32. The molecule has 2 aromatic rings. The molecule has 0 aromatic heterocycles. The molecule has 0 aliphatic carbocycles. The quantitative estimate of drug-likeness (QED) is 0.519. The fraction of sp³-hybridized carbons (Fsp3) is 0.333. The van der Waals surface area contributed by atoms with Gasteiger partial charge in [0.05, 0.1) is 12.2 Å². The van der Waals surface area contributed by atoms with Crippen molar-refractivity contribution < 1.29 is 25.0 Å². The van der Waals surface area contributed by atoms with Crippen molar-refractivity contribution in [2.45, 2.75) is 24.7 Å². The second-order valence-corrected chi connectivity index (χ2v) is 8.61. The van der Waals surface area contributed by atoms with E-state index in [1.165, 1.54) is 0 Å². The molecule has 0 saturated carbocycles. The molecule has 0 bridgehead atoms. The van der Waals surface area contributed by atoms with Gasteiger partial charge in [0.15, 0.2) is 0 Å². The van der Waals surface area contributed by atoms with Crippen LogP contribution in [-0.4, -0.2) is 51.5 Å². The summed E-state index contributed by atoms with van der Waals surface area (Å²) in [6.07, 6.45) is -4.37. The van der Waals surface area contributed by atoms with Crippen LogP contribution in [0.25, 0.3) is 0 Å². The van der Waals surface area contributed by atoms with Crippen LogP contribution in [0.1, 0.15) is 6.42 Å². The van der Waals surface area contributed by atoms with Crippen LogP contribution in [0.4, 0.5) is 0 Å². The lowest BCUT2D eigenvalue weighted by molar-refractivity contribution is -0.0574. The maximum absolute atomic E-state index is 13.7. The van der Waals surface area contributed by atoms with E-state index in [2.05, 4.69) is 0 Å². The summed E-state index contributed by atoms with van der Waals surface area (Å²) in [4.78, 5) is 0. The van der Waals surface area contributed by atoms with Crippen molar-refractivity contribution in [1.29, 1.82) is 0 Å². The number of aliphatic hydroxyl groups excluding tert-OH is 4. The van der Waals surface area contributed by atoms with Gasteiger partial charge in [-0.1, -0.05) is 60.7 Å². The summed E-state index contributed by atoms with van der Waals surface area (Å²) in [6, 6.07) is 17.7. The topological polar surface area (TPSA) is 98.0 Å². The zero-order valence-electron chi connectivity index (χ0n) is 13.3. The van der Waals surface area contributed by atoms with Gasteiger partial charge in [-0.3, -0.25) is 0 Å². The van der Waals surface area contributed by atoms with E-state index in [1.54, 1.807) is 48.5 Å². The molecule has 3 atom stereocenters. The Morgan fingerprint density at radius 3 is 1.67 bits per heavy atom. The second kappa shape index (κ2) is 8.56. The lowest BCUT2D eigenvalue weighted by Crippen LogP contribution is -2.41. The summed E-state index contributed by atoms with van der Waals surface area (Å²) in [5, 5.41) is 40.1. The summed E-state index contributed by atoms with van der Waals surface area (Å²) in [6.45, 7) is -0.306. The molecular formula is C18H23O5P. The first-order valence-electron chi connectivity index (χ1n) is 7.84. The van der Waals surface area contributed by atoms with E-state index >= 15 is 0 Å². The zero-order valence-corrected chi connectivity index (χ0v) is 14.2. The average molecular weight is 350 g/mol. The van der Waals surface area contributed by atoms with Crippen molar-refractivity contribution in [3.05, 3.63) is 60.7 Å². The van der Waals surface area contributed by atoms with Crippen molar-refractivity contribution in [3.63, 3.8) is 0 Å². The van der Waals surface area contributed by atoms with E-state index in [1.807, 2.05) is 12.1 Å². The Morgan fingerprint density at radius 1 is 0.792 bits per heavy atom. The predicted octanol–water partition coefficient (Wildman–Crippen LogP) is 0.466. The molecule has 0 fully saturated rings. The Labute approximate surface area is 141 Å². The van der Waals surface area contributed by atoms with Gasteiger partial charge in [0, 0.05) is 23.4 Å². The van der Waals surface area contributed by atoms with E-state index in [9.17, 15) is 19.9 Å². The molecule has 0 aliphatic rings. The maximum Gasteiger partial charge on any atom is 0.145 e. The van der Waals surface area contributed by atoms with Gasteiger partial charge < -0.3 is 25.0 Å². The van der Waals surface area contributed by atoms with Crippen molar-refractivity contribution in [2.75, 3.05) is 12.8 Å². The summed E-state index contributed by atoms with van der Waals surface area (Å²) in [7, 11) is -3.18. The maximum atomic E-state index is 13.7. The Bertz CT molecular complexity index is 618. The van der Waals surface area contributed by atoms with Gasteiger partial charge in [-0.2, -0.15) is 0 Å². The normalized spacial score (nSPS) is 15.7. The minimum Gasteiger partial charge on any atom is -0.396 e. The predicted molar refractivity (Wildman–Crippen MR) is 94.3 cm³/mol. The van der Waals surface area contributed by atoms with Crippen LogP contribution in [0, 0.1) is 0 Å². The molecule has 2 rings (SSSR count). The average Bonchev–Trinajstić information content (AvgIpc) is 2.62. The Hall–Kier alpha value is -1.49. The second-order valence-electron chi connectivity index (χ2n) is 5.73. The van der Waals surface area contributed by atoms with E-state index in [-0.39, 0.29) is 19.2 Å². The first-order chi connectivity index (χ1) is 11.5. The largest absolute Gasteiger partial charge is 0.396 e. The molecule has 0 unspecified atom stereocenters. The third-order valence-electron chi connectivity index (χ3n) is 4.00. The van der Waals surface area contributed by atoms with E-state index < -0.39 is 25.5 Å². The van der Waals surface area contributed by atoms with Crippen molar-refractivity contribution in [3.8, 4) is 0 Å². The molecule has 0 saturated heterocycles. The highest BCUT2D eigenvalue weighted by Gasteiger charge is 2.34. The van der Waals surface area contributed by atoms with Crippen LogP contribution in [0.2, 0.25) is 0 Å². The summed E-state index contributed by atoms with van der Waals surface area (Å²) in [5.74, 6) is 0. The highest BCUT2D eigenvalue weighted by molar-refractivity contribution is 7.78. The Kier molecular flexibility index (Phi) is 6.72. The Morgan fingerprint density at radius 2 is 1.25 bits per heavy atom. The summed E-state index contributed by atoms with van der Waals surface area (Å²) < 4.78 is 13.7. The van der Waals surface area contributed by atoms with Gasteiger partial charge in [-0.25, -0.2) is 0 Å². The molecule has 6 heteroatoms. The first kappa shape index (κ1) is 18.8. The molecule has 5 nitrogen and oxygen atoms in total. The Balaban J connectivity index is 2.33. The standard InChI is InChI=1S/C18H23O5P/c19-12-11-16(20)18(22)17(21)13-24(23,14-7-3-1-4-8-14)15-9-5-2-6-10-15/h1-10,16-22H,11-13H2/t16-,17+,18-/m1/s1. The number of rotatable bonds is 8. The molecule has 0 spiro atoms. The minimum atomic E-state index is -3.18. The monoisotopic (exact) mass is 350 g/mol. The fourth-order valence-electron chi connectivity index (χ4n) is 2.63. The van der Waals surface area contributed by atoms with Crippen molar-refractivity contribution in [2.24, 2.45) is 0 Å². The highest BCUT2D eigenvalue weighted by atomic mass is 31.2. The number of benzene rings is 2. The summed E-state index contributed by atoms with van der Waals surface area (Å²) in [5.41, 5.74) is 0. The molecule has 2 aromatic carbocycles. The van der Waals surface area contributed by atoms with E-state index in [0.717, 1.165) is 0 Å². The molecule has 4 N–H and O–H groups in total. The van der Waals surface area contributed by atoms with Crippen LogP contribution in [-0.2, 0) is 4.57 Å². The lowest BCUT2D eigenvalue weighted by Gasteiger charge is -2.27. The van der Waals surface area contributed by atoms with Crippen molar-refractivity contribution >= 4 is 17.8 Å². The molecule has 130 valence electrons. The van der Waals surface area contributed by atoms with Crippen LogP contribution in [0.5, 0.6) is 0 Å². The summed E-state index contributed by atoms with van der Waals surface area (Å²) >= 11 is 0. The van der Waals surface area contributed by atoms with Gasteiger partial charge >= 0.3 is 0 Å². The lowest BCUT2D eigenvalue weighted by atomic mass is 10.1. The van der Waals surface area contributed by atoms with Crippen LogP contribution >= 0.6 is 7.14 Å². The minimum absolute atomic E-state index is 0.0563. The van der Waals surface area contributed by atoms with Gasteiger partial charge in [0.1, 0.15) is 13.2 Å². The molecule has 0 amide bonds. The van der Waals surface area contributed by atoms with Gasteiger partial charge in [-0.15, -0.1) is 0 Å². The van der Waals surface area contributed by atoms with Crippen LogP contribution < -0.4 is 10.6 Å². The van der Waals surface area contributed by atoms with Gasteiger partial charge in [0.2, 0.25) is 0 Å². The van der Waals surface area contributed by atoms with Gasteiger partial charge in [0.25, 0.3) is 0 Å². The zero-order chi connectivity index (χ0) is 17.6.